The molecule has 1 radical (unpaired) electrons. The molecule has 0 aliphatic rings. The van der Waals surface area contributed by atoms with Gasteiger partial charge >= 0.3 is 0 Å². The van der Waals surface area contributed by atoms with E-state index in [-0.39, 0.29) is 6.01 Å². The highest BCUT2D eigenvalue weighted by Gasteiger charge is 2.05. The van der Waals surface area contributed by atoms with Crippen molar-refractivity contribution in [2.24, 2.45) is 0 Å². The lowest BCUT2D eigenvalue weighted by molar-refractivity contribution is 0.438. The third-order valence-electron chi connectivity index (χ3n) is 1.43. The fourth-order valence-corrected chi connectivity index (χ4v) is 1.23. The minimum atomic E-state index is -0.167. The van der Waals surface area contributed by atoms with Gasteiger partial charge in [0.05, 0.1) is 15.6 Å². The maximum Gasteiger partial charge on any atom is 0.292 e. The van der Waals surface area contributed by atoms with Crippen molar-refractivity contribution in [3.63, 3.8) is 0 Å². The molecule has 0 amide bonds. The fourth-order valence-electron chi connectivity index (χ4n) is 0.927. The van der Waals surface area contributed by atoms with Gasteiger partial charge in [0.15, 0.2) is 0 Å². The largest absolute Gasteiger partial charge is 0.480 e. The van der Waals surface area contributed by atoms with Gasteiger partial charge in [-0.1, -0.05) is 23.2 Å². The van der Waals surface area contributed by atoms with E-state index in [1.54, 1.807) is 6.07 Å². The van der Waals surface area contributed by atoms with Gasteiger partial charge in [-0.25, -0.2) is 0 Å². The first-order valence-corrected chi connectivity index (χ1v) is 3.88. The Hall–Kier alpha value is -0.930. The molecule has 0 fully saturated rings. The normalized spacial score (nSPS) is 10.8. The van der Waals surface area contributed by atoms with Crippen LogP contribution >= 0.6 is 23.2 Å². The molecular formula is C7H3Cl2N2O. The van der Waals surface area contributed by atoms with Gasteiger partial charge in [0.1, 0.15) is 5.52 Å². The van der Waals surface area contributed by atoms with Crippen molar-refractivity contribution < 1.29 is 5.11 Å². The first-order valence-electron chi connectivity index (χ1n) is 3.13. The molecule has 0 saturated carbocycles. The van der Waals surface area contributed by atoms with Gasteiger partial charge < -0.3 is 10.1 Å². The quantitative estimate of drug-likeness (QED) is 0.688. The molecule has 2 aromatic rings. The molecule has 0 saturated heterocycles. The highest BCUT2D eigenvalue weighted by Crippen LogP contribution is 2.26. The molecule has 1 aromatic carbocycles. The predicted molar refractivity (Wildman–Crippen MR) is 46.6 cm³/mol. The van der Waals surface area contributed by atoms with Gasteiger partial charge in [-0.15, -0.1) is 0 Å². The number of hydrogen-bond donors (Lipinski definition) is 2. The van der Waals surface area contributed by atoms with Gasteiger partial charge in [0.2, 0.25) is 0 Å². The summed E-state index contributed by atoms with van der Waals surface area (Å²) in [6.07, 6.45) is 0. The lowest BCUT2D eigenvalue weighted by Crippen LogP contribution is -1.72. The maximum absolute atomic E-state index is 8.97. The van der Waals surface area contributed by atoms with Gasteiger partial charge in [0.25, 0.3) is 6.01 Å². The van der Waals surface area contributed by atoms with E-state index in [1.165, 1.54) is 0 Å². The SMILES string of the molecule is Oc1nc2[c]c(Cl)c(Cl)cc2[nH]1. The summed E-state index contributed by atoms with van der Waals surface area (Å²) in [6, 6.07) is 4.13. The number of rotatable bonds is 0. The van der Waals surface area contributed by atoms with Crippen LogP contribution in [0.2, 0.25) is 10.0 Å². The van der Waals surface area contributed by atoms with E-state index in [2.05, 4.69) is 16.0 Å². The van der Waals surface area contributed by atoms with Crippen LogP contribution in [0.25, 0.3) is 11.0 Å². The van der Waals surface area contributed by atoms with Gasteiger partial charge in [-0.2, -0.15) is 4.98 Å². The standard InChI is InChI=1S/C7H3Cl2N2O/c8-3-1-5-6(2-4(3)9)11-7(12)10-5/h1H,(H2,10,11,12). The zero-order valence-electron chi connectivity index (χ0n) is 5.73. The lowest BCUT2D eigenvalue weighted by atomic mass is 10.3. The van der Waals surface area contributed by atoms with Crippen LogP contribution in [0.5, 0.6) is 6.01 Å². The molecule has 0 atom stereocenters. The first kappa shape index (κ1) is 7.71. The zero-order valence-corrected chi connectivity index (χ0v) is 7.24. The Morgan fingerprint density at radius 1 is 1.50 bits per heavy atom. The molecule has 2 rings (SSSR count). The van der Waals surface area contributed by atoms with Gasteiger partial charge in [-0.05, 0) is 6.07 Å². The van der Waals surface area contributed by atoms with Crippen LogP contribution < -0.4 is 0 Å². The molecule has 1 heterocycles. The predicted octanol–water partition coefficient (Wildman–Crippen LogP) is 2.38. The van der Waals surface area contributed by atoms with Crippen LogP contribution in [-0.2, 0) is 0 Å². The van der Waals surface area contributed by atoms with Crippen molar-refractivity contribution in [2.45, 2.75) is 0 Å². The van der Waals surface area contributed by atoms with E-state index in [1.807, 2.05) is 0 Å². The topological polar surface area (TPSA) is 48.9 Å². The van der Waals surface area contributed by atoms with E-state index in [9.17, 15) is 0 Å². The Morgan fingerprint density at radius 2 is 2.25 bits per heavy atom. The van der Waals surface area contributed by atoms with Crippen molar-refractivity contribution >= 4 is 34.2 Å². The number of H-pyrrole nitrogens is 1. The third-order valence-corrected chi connectivity index (χ3v) is 2.12. The number of nitrogens with one attached hydrogen (secondary N) is 1. The second-order valence-corrected chi connectivity index (χ2v) is 3.04. The van der Waals surface area contributed by atoms with E-state index >= 15 is 0 Å². The Labute approximate surface area is 77.9 Å². The van der Waals surface area contributed by atoms with Crippen LogP contribution in [0.1, 0.15) is 0 Å². The number of aromatic amines is 1. The molecule has 0 unspecified atom stereocenters. The first-order chi connectivity index (χ1) is 5.66. The number of fused-ring (bicyclic) bond motifs is 1. The summed E-state index contributed by atoms with van der Waals surface area (Å²) in [5.74, 6) is 0. The highest BCUT2D eigenvalue weighted by atomic mass is 35.5. The van der Waals surface area contributed by atoms with E-state index < -0.39 is 0 Å². The Balaban J connectivity index is 2.83. The van der Waals surface area contributed by atoms with Crippen molar-refractivity contribution in [1.29, 1.82) is 0 Å². The second-order valence-electron chi connectivity index (χ2n) is 2.25. The van der Waals surface area contributed by atoms with Gasteiger partial charge in [-0.3, -0.25) is 0 Å². The summed E-state index contributed by atoms with van der Waals surface area (Å²) in [6.45, 7) is 0. The fraction of sp³-hybridized carbons (Fsp3) is 0. The van der Waals surface area contributed by atoms with Gasteiger partial charge in [0, 0.05) is 6.07 Å². The van der Waals surface area contributed by atoms with E-state index in [4.69, 9.17) is 28.3 Å². The summed E-state index contributed by atoms with van der Waals surface area (Å²) in [7, 11) is 0. The average molecular weight is 202 g/mol. The van der Waals surface area contributed by atoms with Crippen molar-refractivity contribution in [1.82, 2.24) is 9.97 Å². The summed E-state index contributed by atoms with van der Waals surface area (Å²) >= 11 is 11.4. The number of aromatic hydroxyl groups is 1. The van der Waals surface area contributed by atoms with Crippen LogP contribution in [0.3, 0.4) is 0 Å². The summed E-state index contributed by atoms with van der Waals surface area (Å²) in [5, 5.41) is 9.65. The molecule has 12 heavy (non-hydrogen) atoms. The van der Waals surface area contributed by atoms with E-state index in [0.29, 0.717) is 21.1 Å². The molecule has 0 aliphatic heterocycles. The van der Waals surface area contributed by atoms with Crippen molar-refractivity contribution in [2.75, 3.05) is 0 Å². The van der Waals surface area contributed by atoms with Crippen LogP contribution in [0.15, 0.2) is 6.07 Å². The van der Waals surface area contributed by atoms with Crippen molar-refractivity contribution in [3.8, 4) is 6.01 Å². The Morgan fingerprint density at radius 3 is 3.00 bits per heavy atom. The summed E-state index contributed by atoms with van der Waals surface area (Å²) < 4.78 is 0. The molecule has 0 aliphatic carbocycles. The lowest BCUT2D eigenvalue weighted by Gasteiger charge is -1.92. The van der Waals surface area contributed by atoms with Crippen LogP contribution in [-0.4, -0.2) is 15.1 Å². The molecule has 1 aromatic heterocycles. The number of hydrogen-bond acceptors (Lipinski definition) is 2. The maximum atomic E-state index is 8.97. The van der Waals surface area contributed by atoms with Crippen LogP contribution in [0, 0.1) is 6.07 Å². The summed E-state index contributed by atoms with van der Waals surface area (Å²) in [5.41, 5.74) is 1.09. The zero-order chi connectivity index (χ0) is 8.72. The molecule has 0 spiro atoms. The van der Waals surface area contributed by atoms with E-state index in [0.717, 1.165) is 0 Å². The van der Waals surface area contributed by atoms with Crippen molar-refractivity contribution in [3.05, 3.63) is 22.2 Å². The number of halogens is 2. The Kier molecular flexibility index (Phi) is 1.63. The minimum absolute atomic E-state index is 0.167. The minimum Gasteiger partial charge on any atom is -0.480 e. The molecule has 2 N–H and O–H groups in total. The molecule has 61 valence electrons. The number of nitrogens with zero attached hydrogens (tertiary/aromatic N) is 1. The molecule has 0 bridgehead atoms. The molecular weight excluding hydrogens is 199 g/mol. The second kappa shape index (κ2) is 2.54. The monoisotopic (exact) mass is 201 g/mol. The summed E-state index contributed by atoms with van der Waals surface area (Å²) in [4.78, 5) is 6.31. The number of benzene rings is 1. The number of imidazole rings is 1. The third kappa shape index (κ3) is 1.11. The smallest absolute Gasteiger partial charge is 0.292 e. The Bertz CT molecular complexity index is 399. The van der Waals surface area contributed by atoms with Crippen LogP contribution in [0.4, 0.5) is 0 Å². The average Bonchev–Trinajstić information content (AvgIpc) is 2.30. The highest BCUT2D eigenvalue weighted by molar-refractivity contribution is 6.42. The number of aromatic nitrogens is 2. The molecule has 5 heteroatoms. The molecule has 3 nitrogen and oxygen atoms in total.